The topological polar surface area (TPSA) is 171 Å². The monoisotopic (exact) mass is 385 g/mol. The van der Waals surface area contributed by atoms with Gasteiger partial charge in [-0.15, -0.1) is 0 Å². The van der Waals surface area contributed by atoms with Crippen LogP contribution in [0, 0.1) is 0 Å². The molecule has 1 unspecified atom stereocenters. The van der Waals surface area contributed by atoms with Gasteiger partial charge in [0, 0.05) is 0 Å². The Kier molecular flexibility index (Phi) is 7.12. The van der Waals surface area contributed by atoms with Crippen molar-refractivity contribution in [3.05, 3.63) is 0 Å². The molecule has 0 aromatic heterocycles. The Morgan fingerprint density at radius 2 is 1.80 bits per heavy atom. The van der Waals surface area contributed by atoms with Crippen molar-refractivity contribution in [1.29, 1.82) is 0 Å². The fourth-order valence-corrected chi connectivity index (χ4v) is 8.20. The van der Waals surface area contributed by atoms with Gasteiger partial charge in [0.05, 0.1) is 0 Å². The van der Waals surface area contributed by atoms with Crippen LogP contribution in [0.25, 0.3) is 0 Å². The molecule has 1 heterocycles. The summed E-state index contributed by atoms with van der Waals surface area (Å²) in [5.41, 5.74) is 0. The van der Waals surface area contributed by atoms with Gasteiger partial charge in [-0.05, 0) is 0 Å². The molecule has 0 spiro atoms. The molecule has 0 bridgehead atoms. The minimum atomic E-state index is -4.31. The molecule has 1 fully saturated rings. The normalized spacial score (nSPS) is 35.0. The van der Waals surface area contributed by atoms with E-state index in [1.807, 2.05) is 0 Å². The van der Waals surface area contributed by atoms with Crippen LogP contribution in [0.5, 0.6) is 0 Å². The summed E-state index contributed by atoms with van der Waals surface area (Å²) in [4.78, 5) is -0.506. The Hall–Kier alpha value is 0.509. The Morgan fingerprint density at radius 3 is 2.25 bits per heavy atom. The molecule has 122 valence electrons. The summed E-state index contributed by atoms with van der Waals surface area (Å²) in [6.07, 6.45) is -4.72. The first kappa shape index (κ1) is 18.6. The molecule has 0 radical (unpaired) electrons. The van der Waals surface area contributed by atoms with E-state index < -0.39 is 60.9 Å². The molecule has 0 aromatic rings. The average molecular weight is 384 g/mol. The zero-order valence-corrected chi connectivity index (χ0v) is 13.0. The maximum atomic E-state index is 9.90. The molecule has 11 heteroatoms. The molecule has 0 amide bonds. The molecule has 1 aliphatic heterocycles. The van der Waals surface area contributed by atoms with E-state index >= 15 is 0 Å². The average Bonchev–Trinajstić information content (AvgIpc) is 2.60. The molecule has 6 atom stereocenters. The van der Waals surface area contributed by atoms with Crippen molar-refractivity contribution in [3.8, 4) is 0 Å². The third-order valence-electron chi connectivity index (χ3n) is 3.01. The van der Waals surface area contributed by atoms with E-state index in [0.29, 0.717) is 0 Å². The Bertz CT molecular complexity index is 302. The van der Waals surface area contributed by atoms with Crippen molar-refractivity contribution in [2.24, 2.45) is 0 Å². The molecular formula is C9H21O9SSe+. The van der Waals surface area contributed by atoms with Crippen LogP contribution < -0.4 is 0 Å². The van der Waals surface area contributed by atoms with Crippen LogP contribution in [0.4, 0.5) is 0 Å². The van der Waals surface area contributed by atoms with Crippen LogP contribution in [-0.4, -0.2) is 90.7 Å². The summed E-state index contributed by atoms with van der Waals surface area (Å²) in [6, 6.07) is 0. The maximum absolute atomic E-state index is 9.90. The number of hydrogen-bond acceptors (Lipinski definition) is 9. The number of aliphatic hydroxyl groups excluding tert-OH is 5. The molecule has 1 aliphatic rings. The molecule has 0 aromatic carbocycles. The van der Waals surface area contributed by atoms with Gasteiger partial charge in [-0.2, -0.15) is 0 Å². The Morgan fingerprint density at radius 1 is 1.20 bits per heavy atom. The van der Waals surface area contributed by atoms with Crippen LogP contribution in [0.3, 0.4) is 0 Å². The zero-order chi connectivity index (χ0) is 15.5. The van der Waals surface area contributed by atoms with Crippen LogP contribution in [0.2, 0.25) is 15.5 Å². The molecule has 1 rings (SSSR count). The fraction of sp³-hybridized carbons (Fsp3) is 1.00. The van der Waals surface area contributed by atoms with Crippen LogP contribution in [-0.2, 0) is 4.18 Å². The van der Waals surface area contributed by atoms with Crippen molar-refractivity contribution < 1.29 is 43.4 Å². The van der Waals surface area contributed by atoms with Crippen molar-refractivity contribution >= 4 is 25.1 Å². The fourth-order valence-electron chi connectivity index (χ4n) is 2.00. The minimum absolute atomic E-state index is 0.0695. The first-order chi connectivity index (χ1) is 9.19. The predicted molar refractivity (Wildman–Crippen MR) is 71.7 cm³/mol. The summed E-state index contributed by atoms with van der Waals surface area (Å²) in [7, 11) is 0. The standard InChI is InChI=1S/C9H20O9SSe/c10-1-7(18-19(15,16)17)5(12)3-20-4-6(13)9(14)8(20)2-11/h5-14H,1-4H2,(H2-,15,16,17)/p+1/t5-,6+,7+,8+,9-,20?/m0/s1. The van der Waals surface area contributed by atoms with Crippen molar-refractivity contribution in [1.82, 2.24) is 0 Å². The summed E-state index contributed by atoms with van der Waals surface area (Å²) < 4.78 is 30.6. The van der Waals surface area contributed by atoms with Gasteiger partial charge in [0.15, 0.2) is 0 Å². The van der Waals surface area contributed by atoms with E-state index in [1.165, 1.54) is 0 Å². The second-order valence-corrected chi connectivity index (χ2v) is 10.6. The summed E-state index contributed by atoms with van der Waals surface area (Å²) in [5.74, 6) is 0. The molecule has 0 saturated carbocycles. The summed E-state index contributed by atoms with van der Waals surface area (Å²) in [5, 5.41) is 47.7. The SMILES string of the molecule is OC[C@@H]1[C@@H](O)[C@H](O)C[Se+]1C[C@H](O)[C@@H](CO)OS(O)(O)O. The molecule has 0 aliphatic carbocycles. The van der Waals surface area contributed by atoms with Gasteiger partial charge in [0.2, 0.25) is 0 Å². The summed E-state index contributed by atoms with van der Waals surface area (Å²) in [6.45, 7) is -1.07. The van der Waals surface area contributed by atoms with Gasteiger partial charge in [-0.25, -0.2) is 0 Å². The molecule has 8 N–H and O–H groups in total. The molecule has 9 nitrogen and oxygen atoms in total. The predicted octanol–water partition coefficient (Wildman–Crippen LogP) is -1.54. The number of hydrogen-bond donors (Lipinski definition) is 8. The Balaban J connectivity index is 2.62. The molecule has 20 heavy (non-hydrogen) atoms. The first-order valence-corrected chi connectivity index (χ1v) is 10.6. The van der Waals surface area contributed by atoms with Gasteiger partial charge < -0.3 is 0 Å². The third kappa shape index (κ3) is 5.05. The van der Waals surface area contributed by atoms with Crippen LogP contribution in [0.15, 0.2) is 0 Å². The third-order valence-corrected chi connectivity index (χ3v) is 9.44. The number of aliphatic hydroxyl groups is 5. The van der Waals surface area contributed by atoms with E-state index in [9.17, 15) is 20.4 Å². The van der Waals surface area contributed by atoms with E-state index in [1.54, 1.807) is 0 Å². The van der Waals surface area contributed by atoms with Gasteiger partial charge in [-0.3, -0.25) is 0 Å². The van der Waals surface area contributed by atoms with Crippen LogP contribution >= 0.6 is 11.2 Å². The van der Waals surface area contributed by atoms with Gasteiger partial charge in [0.25, 0.3) is 0 Å². The molecular weight excluding hydrogens is 363 g/mol. The van der Waals surface area contributed by atoms with E-state index in [2.05, 4.69) is 4.18 Å². The van der Waals surface area contributed by atoms with Crippen molar-refractivity contribution in [3.63, 3.8) is 0 Å². The van der Waals surface area contributed by atoms with Gasteiger partial charge in [-0.1, -0.05) is 0 Å². The van der Waals surface area contributed by atoms with Crippen LogP contribution in [0.1, 0.15) is 0 Å². The second-order valence-electron chi connectivity index (χ2n) is 4.50. The quantitative estimate of drug-likeness (QED) is 0.242. The van der Waals surface area contributed by atoms with Gasteiger partial charge in [0.1, 0.15) is 0 Å². The van der Waals surface area contributed by atoms with Crippen molar-refractivity contribution in [2.75, 3.05) is 13.2 Å². The molecule has 1 saturated heterocycles. The summed E-state index contributed by atoms with van der Waals surface area (Å²) >= 11 is -6.09. The first-order valence-electron chi connectivity index (χ1n) is 5.80. The van der Waals surface area contributed by atoms with Gasteiger partial charge >= 0.3 is 122 Å². The van der Waals surface area contributed by atoms with Crippen molar-refractivity contribution in [2.45, 2.75) is 39.9 Å². The second kappa shape index (κ2) is 7.68. The van der Waals surface area contributed by atoms with E-state index in [4.69, 9.17) is 18.8 Å². The zero-order valence-electron chi connectivity index (χ0n) is 10.5. The van der Waals surface area contributed by atoms with E-state index in [-0.39, 0.29) is 17.2 Å². The Labute approximate surface area is 122 Å². The van der Waals surface area contributed by atoms with E-state index in [0.717, 1.165) is 0 Å². The number of rotatable bonds is 7.